The lowest BCUT2D eigenvalue weighted by Gasteiger charge is -2.38. The van der Waals surface area contributed by atoms with Gasteiger partial charge in [-0.2, -0.15) is 4.98 Å². The lowest BCUT2D eigenvalue weighted by Crippen LogP contribution is -2.48. The summed E-state index contributed by atoms with van der Waals surface area (Å²) in [4.78, 5) is 16.0. The van der Waals surface area contributed by atoms with Crippen LogP contribution < -0.4 is 4.90 Å². The molecule has 0 radical (unpaired) electrons. The van der Waals surface area contributed by atoms with E-state index in [1.165, 1.54) is 6.07 Å². The highest BCUT2D eigenvalue weighted by Crippen LogP contribution is 2.39. The molecule has 0 N–H and O–H groups in total. The molecule has 2 aliphatic rings. The maximum absolute atomic E-state index is 15.0. The van der Waals surface area contributed by atoms with Crippen LogP contribution in [0.15, 0.2) is 29.0 Å². The SMILES string of the molecule is C[C@@H]1CN(c2nc3c(-c4nc(C5CC5)no4)ncn3c3cccc(F)c23)[C@H](C)CO1. The standard InChI is InChI=1S/C21H21FN6O2/c1-11-9-29-12(2)8-27(11)19-16-14(22)4-3-5-15(16)28-10-23-17(20(28)25-19)21-24-18(26-30-21)13-6-7-13/h3-5,10-13H,6-9H2,1-2H3/t11-,12-/m1/s1. The number of nitrogens with zero attached hydrogens (tertiary/aromatic N) is 6. The molecule has 30 heavy (non-hydrogen) atoms. The number of hydrogen-bond acceptors (Lipinski definition) is 7. The smallest absolute Gasteiger partial charge is 0.280 e. The van der Waals surface area contributed by atoms with Crippen molar-refractivity contribution in [2.45, 2.75) is 44.8 Å². The number of morpholine rings is 1. The zero-order valence-electron chi connectivity index (χ0n) is 16.7. The lowest BCUT2D eigenvalue weighted by molar-refractivity contribution is 0.0342. The third kappa shape index (κ3) is 2.68. The number of hydrogen-bond donors (Lipinski definition) is 0. The van der Waals surface area contributed by atoms with Gasteiger partial charge in [0.05, 0.1) is 29.7 Å². The first-order valence-corrected chi connectivity index (χ1v) is 10.3. The third-order valence-electron chi connectivity index (χ3n) is 5.90. The van der Waals surface area contributed by atoms with Gasteiger partial charge in [-0.25, -0.2) is 14.4 Å². The second-order valence-electron chi connectivity index (χ2n) is 8.23. The molecule has 1 aliphatic carbocycles. The topological polar surface area (TPSA) is 81.6 Å². The fraction of sp³-hybridized carbons (Fsp3) is 0.429. The summed E-state index contributed by atoms with van der Waals surface area (Å²) >= 11 is 0. The molecule has 2 fully saturated rings. The third-order valence-corrected chi connectivity index (χ3v) is 5.90. The maximum atomic E-state index is 15.0. The second-order valence-corrected chi connectivity index (χ2v) is 8.23. The molecule has 1 saturated heterocycles. The van der Waals surface area contributed by atoms with E-state index in [4.69, 9.17) is 14.2 Å². The summed E-state index contributed by atoms with van der Waals surface area (Å²) in [6, 6.07) is 5.10. The molecule has 0 unspecified atom stereocenters. The molecule has 4 heterocycles. The van der Waals surface area contributed by atoms with Crippen LogP contribution in [-0.4, -0.2) is 49.8 Å². The minimum absolute atomic E-state index is 0.0301. The lowest BCUT2D eigenvalue weighted by atomic mass is 10.1. The Balaban J connectivity index is 1.59. The Labute approximate surface area is 171 Å². The average molecular weight is 408 g/mol. The Hall–Kier alpha value is -3.07. The van der Waals surface area contributed by atoms with Gasteiger partial charge in [-0.05, 0) is 38.8 Å². The Kier molecular flexibility index (Phi) is 3.83. The maximum Gasteiger partial charge on any atom is 0.280 e. The minimum atomic E-state index is -0.313. The molecule has 0 amide bonds. The summed E-state index contributed by atoms with van der Waals surface area (Å²) in [5.74, 6) is 1.71. The zero-order chi connectivity index (χ0) is 20.4. The van der Waals surface area contributed by atoms with Gasteiger partial charge < -0.3 is 14.2 Å². The number of imidazole rings is 1. The highest BCUT2D eigenvalue weighted by atomic mass is 19.1. The van der Waals surface area contributed by atoms with Crippen molar-refractivity contribution in [1.29, 1.82) is 0 Å². The molecule has 3 aromatic heterocycles. The first kappa shape index (κ1) is 17.8. The molecule has 2 atom stereocenters. The fourth-order valence-electron chi connectivity index (χ4n) is 4.11. The van der Waals surface area contributed by atoms with Crippen LogP contribution in [-0.2, 0) is 4.74 Å². The van der Waals surface area contributed by atoms with Gasteiger partial charge in [0.25, 0.3) is 5.89 Å². The largest absolute Gasteiger partial charge is 0.375 e. The Morgan fingerprint density at radius 1 is 1.17 bits per heavy atom. The van der Waals surface area contributed by atoms with Crippen molar-refractivity contribution < 1.29 is 13.7 Å². The number of rotatable bonds is 3. The van der Waals surface area contributed by atoms with Gasteiger partial charge in [-0.3, -0.25) is 4.40 Å². The molecule has 154 valence electrons. The molecule has 4 aromatic rings. The Bertz CT molecular complexity index is 1260. The normalized spacial score (nSPS) is 22.3. The van der Waals surface area contributed by atoms with Gasteiger partial charge in [0.2, 0.25) is 0 Å². The average Bonchev–Trinajstić information content (AvgIpc) is 3.31. The highest BCUT2D eigenvalue weighted by molar-refractivity contribution is 5.94. The van der Waals surface area contributed by atoms with Gasteiger partial charge in [0.1, 0.15) is 18.0 Å². The van der Waals surface area contributed by atoms with Crippen molar-refractivity contribution in [1.82, 2.24) is 24.5 Å². The number of ether oxygens (including phenoxy) is 1. The van der Waals surface area contributed by atoms with Crippen LogP contribution in [0.4, 0.5) is 10.2 Å². The van der Waals surface area contributed by atoms with E-state index in [9.17, 15) is 0 Å². The Morgan fingerprint density at radius 3 is 2.87 bits per heavy atom. The van der Waals surface area contributed by atoms with Crippen molar-refractivity contribution in [3.8, 4) is 11.6 Å². The molecular formula is C21H21FN6O2. The number of fused-ring (bicyclic) bond motifs is 3. The van der Waals surface area contributed by atoms with E-state index in [1.54, 1.807) is 16.8 Å². The van der Waals surface area contributed by atoms with Crippen LogP contribution in [0.2, 0.25) is 0 Å². The number of benzene rings is 1. The van der Waals surface area contributed by atoms with Crippen molar-refractivity contribution in [2.75, 3.05) is 18.1 Å². The molecule has 1 saturated carbocycles. The van der Waals surface area contributed by atoms with Crippen molar-refractivity contribution in [2.24, 2.45) is 0 Å². The van der Waals surface area contributed by atoms with Crippen molar-refractivity contribution >= 4 is 22.4 Å². The summed E-state index contributed by atoms with van der Waals surface area (Å²) in [6.45, 7) is 5.26. The van der Waals surface area contributed by atoms with E-state index in [2.05, 4.69) is 26.9 Å². The van der Waals surface area contributed by atoms with Gasteiger partial charge in [-0.1, -0.05) is 11.2 Å². The highest BCUT2D eigenvalue weighted by Gasteiger charge is 2.31. The molecule has 6 rings (SSSR count). The number of aromatic nitrogens is 5. The molecule has 0 spiro atoms. The summed E-state index contributed by atoms with van der Waals surface area (Å²) in [5.41, 5.74) is 1.78. The molecule has 9 heteroatoms. The minimum Gasteiger partial charge on any atom is -0.375 e. The van der Waals surface area contributed by atoms with Crippen LogP contribution in [0, 0.1) is 5.82 Å². The predicted molar refractivity (Wildman–Crippen MR) is 108 cm³/mol. The monoisotopic (exact) mass is 408 g/mol. The number of halogens is 1. The summed E-state index contributed by atoms with van der Waals surface area (Å²) in [7, 11) is 0. The quantitative estimate of drug-likeness (QED) is 0.513. The van der Waals surface area contributed by atoms with E-state index >= 15 is 4.39 Å². The van der Waals surface area contributed by atoms with E-state index in [-0.39, 0.29) is 18.0 Å². The van der Waals surface area contributed by atoms with Gasteiger partial charge in [-0.15, -0.1) is 0 Å². The first-order chi connectivity index (χ1) is 14.6. The zero-order valence-corrected chi connectivity index (χ0v) is 16.7. The molecule has 1 aromatic carbocycles. The molecule has 8 nitrogen and oxygen atoms in total. The molecule has 0 bridgehead atoms. The van der Waals surface area contributed by atoms with Gasteiger partial charge >= 0.3 is 0 Å². The van der Waals surface area contributed by atoms with Crippen molar-refractivity contribution in [3.05, 3.63) is 36.2 Å². The predicted octanol–water partition coefficient (Wildman–Crippen LogP) is 3.56. The van der Waals surface area contributed by atoms with Crippen LogP contribution in [0.5, 0.6) is 0 Å². The fourth-order valence-corrected chi connectivity index (χ4v) is 4.11. The Morgan fingerprint density at radius 2 is 2.03 bits per heavy atom. The second kappa shape index (κ2) is 6.46. The van der Waals surface area contributed by atoms with Gasteiger partial charge in [0.15, 0.2) is 17.2 Å². The van der Waals surface area contributed by atoms with E-state index in [0.717, 1.165) is 12.8 Å². The summed E-state index contributed by atoms with van der Waals surface area (Å²) in [5, 5.41) is 4.57. The summed E-state index contributed by atoms with van der Waals surface area (Å²) in [6.07, 6.45) is 3.84. The van der Waals surface area contributed by atoms with Gasteiger partial charge in [0, 0.05) is 12.5 Å². The van der Waals surface area contributed by atoms with Crippen LogP contribution in [0.3, 0.4) is 0 Å². The van der Waals surface area contributed by atoms with Crippen LogP contribution >= 0.6 is 0 Å². The molecular weight excluding hydrogens is 387 g/mol. The van der Waals surface area contributed by atoms with E-state index < -0.39 is 0 Å². The van der Waals surface area contributed by atoms with E-state index in [0.29, 0.717) is 58.8 Å². The molecule has 1 aliphatic heterocycles. The van der Waals surface area contributed by atoms with Crippen molar-refractivity contribution in [3.63, 3.8) is 0 Å². The number of anilines is 1. The first-order valence-electron chi connectivity index (χ1n) is 10.3. The van der Waals surface area contributed by atoms with E-state index in [1.807, 2.05) is 13.0 Å². The van der Waals surface area contributed by atoms with Crippen LogP contribution in [0.25, 0.3) is 28.1 Å². The van der Waals surface area contributed by atoms with Crippen LogP contribution in [0.1, 0.15) is 38.4 Å². The summed E-state index contributed by atoms with van der Waals surface area (Å²) < 4.78 is 28.1.